The molecule has 0 atom stereocenters. The molecule has 1 aromatic carbocycles. The van der Waals surface area contributed by atoms with E-state index in [1.807, 2.05) is 31.2 Å². The maximum absolute atomic E-state index is 12.4. The van der Waals surface area contributed by atoms with Crippen LogP contribution in [0.4, 0.5) is 5.69 Å². The molecule has 0 radical (unpaired) electrons. The zero-order valence-corrected chi connectivity index (χ0v) is 13.0. The van der Waals surface area contributed by atoms with Gasteiger partial charge in [0.1, 0.15) is 11.4 Å². The van der Waals surface area contributed by atoms with Crippen LogP contribution < -0.4 is 10.6 Å². The van der Waals surface area contributed by atoms with Crippen LogP contribution in [0.3, 0.4) is 0 Å². The molecule has 0 aliphatic heterocycles. The van der Waals surface area contributed by atoms with Gasteiger partial charge in [0, 0.05) is 11.7 Å². The van der Waals surface area contributed by atoms with Crippen molar-refractivity contribution >= 4 is 17.5 Å². The van der Waals surface area contributed by atoms with Gasteiger partial charge in [-0.2, -0.15) is 0 Å². The van der Waals surface area contributed by atoms with E-state index in [-0.39, 0.29) is 29.2 Å². The summed E-state index contributed by atoms with van der Waals surface area (Å²) in [5.41, 5.74) is 2.34. The van der Waals surface area contributed by atoms with Crippen LogP contribution in [-0.2, 0) is 6.42 Å². The van der Waals surface area contributed by atoms with Crippen molar-refractivity contribution < 1.29 is 9.59 Å². The number of nitrogens with zero attached hydrogens (tertiary/aromatic N) is 1. The first-order chi connectivity index (χ1) is 11.2. The Labute approximate surface area is 135 Å². The van der Waals surface area contributed by atoms with Crippen LogP contribution in [0.5, 0.6) is 0 Å². The molecule has 23 heavy (non-hydrogen) atoms. The molecule has 1 saturated carbocycles. The minimum absolute atomic E-state index is 0.226. The van der Waals surface area contributed by atoms with Crippen molar-refractivity contribution in [2.45, 2.75) is 32.2 Å². The van der Waals surface area contributed by atoms with Gasteiger partial charge in [-0.15, -0.1) is 0 Å². The second-order valence-electron chi connectivity index (χ2n) is 5.62. The Morgan fingerprint density at radius 3 is 2.43 bits per heavy atom. The summed E-state index contributed by atoms with van der Waals surface area (Å²) < 4.78 is 0. The molecule has 0 unspecified atom stereocenters. The Bertz CT molecular complexity index is 739. The number of carbonyl (C=O) groups excluding carboxylic acids is 2. The molecule has 5 nitrogen and oxygen atoms in total. The molecule has 3 rings (SSSR count). The van der Waals surface area contributed by atoms with Gasteiger partial charge in [0.2, 0.25) is 0 Å². The first-order valence-electron chi connectivity index (χ1n) is 7.84. The standard InChI is InChI=1S/C18H19N3O2/c1-2-12-6-3-4-7-14(12)21-18(23)16-9-5-8-15(20-16)17(22)19-13-10-11-13/h3-9,13H,2,10-11H2,1H3,(H,19,22)(H,21,23). The highest BCUT2D eigenvalue weighted by Crippen LogP contribution is 2.19. The van der Waals surface area contributed by atoms with Crippen molar-refractivity contribution in [1.82, 2.24) is 10.3 Å². The van der Waals surface area contributed by atoms with Gasteiger partial charge in [0.05, 0.1) is 0 Å². The monoisotopic (exact) mass is 309 g/mol. The minimum Gasteiger partial charge on any atom is -0.348 e. The van der Waals surface area contributed by atoms with Crippen LogP contribution in [0.15, 0.2) is 42.5 Å². The molecule has 1 heterocycles. The van der Waals surface area contributed by atoms with E-state index in [0.29, 0.717) is 0 Å². The number of nitrogens with one attached hydrogen (secondary N) is 2. The molecule has 2 amide bonds. The maximum Gasteiger partial charge on any atom is 0.274 e. The fourth-order valence-electron chi connectivity index (χ4n) is 2.31. The van der Waals surface area contributed by atoms with Gasteiger partial charge in [0.15, 0.2) is 0 Å². The van der Waals surface area contributed by atoms with Gasteiger partial charge in [0.25, 0.3) is 11.8 Å². The topological polar surface area (TPSA) is 71.1 Å². The lowest BCUT2D eigenvalue weighted by Gasteiger charge is -2.10. The summed E-state index contributed by atoms with van der Waals surface area (Å²) in [6.07, 6.45) is 2.85. The minimum atomic E-state index is -0.313. The normalized spacial score (nSPS) is 13.4. The number of hydrogen-bond acceptors (Lipinski definition) is 3. The summed E-state index contributed by atoms with van der Waals surface area (Å²) in [5, 5.41) is 5.73. The first kappa shape index (κ1) is 15.2. The quantitative estimate of drug-likeness (QED) is 0.892. The van der Waals surface area contributed by atoms with E-state index in [9.17, 15) is 9.59 Å². The maximum atomic E-state index is 12.4. The third-order valence-electron chi connectivity index (χ3n) is 3.77. The zero-order chi connectivity index (χ0) is 16.2. The largest absolute Gasteiger partial charge is 0.348 e. The van der Waals surface area contributed by atoms with E-state index in [2.05, 4.69) is 15.6 Å². The number of carbonyl (C=O) groups is 2. The fourth-order valence-corrected chi connectivity index (χ4v) is 2.31. The van der Waals surface area contributed by atoms with Crippen LogP contribution in [-0.4, -0.2) is 22.8 Å². The van der Waals surface area contributed by atoms with E-state index in [0.717, 1.165) is 30.5 Å². The zero-order valence-electron chi connectivity index (χ0n) is 13.0. The molecule has 1 aliphatic carbocycles. The van der Waals surface area contributed by atoms with Crippen molar-refractivity contribution in [3.63, 3.8) is 0 Å². The Hall–Kier alpha value is -2.69. The molecular weight excluding hydrogens is 290 g/mol. The molecule has 0 bridgehead atoms. The van der Waals surface area contributed by atoms with Crippen LogP contribution in [0, 0.1) is 0 Å². The third kappa shape index (κ3) is 3.74. The summed E-state index contributed by atoms with van der Waals surface area (Å²) in [6.45, 7) is 2.03. The fraction of sp³-hybridized carbons (Fsp3) is 0.278. The third-order valence-corrected chi connectivity index (χ3v) is 3.77. The molecule has 118 valence electrons. The van der Waals surface area contributed by atoms with Gasteiger partial charge in [-0.25, -0.2) is 4.98 Å². The van der Waals surface area contributed by atoms with E-state index in [4.69, 9.17) is 0 Å². The molecule has 0 saturated heterocycles. The van der Waals surface area contributed by atoms with Crippen molar-refractivity contribution in [1.29, 1.82) is 0 Å². The number of benzene rings is 1. The predicted molar refractivity (Wildman–Crippen MR) is 88.5 cm³/mol. The number of anilines is 1. The number of rotatable bonds is 5. The smallest absolute Gasteiger partial charge is 0.274 e. The summed E-state index contributed by atoms with van der Waals surface area (Å²) in [5.74, 6) is -0.539. The molecule has 0 spiro atoms. The molecule has 2 N–H and O–H groups in total. The highest BCUT2D eigenvalue weighted by molar-refractivity contribution is 6.04. The predicted octanol–water partition coefficient (Wildman–Crippen LogP) is 2.79. The first-order valence-corrected chi connectivity index (χ1v) is 7.84. The van der Waals surface area contributed by atoms with Crippen LogP contribution >= 0.6 is 0 Å². The van der Waals surface area contributed by atoms with Crippen LogP contribution in [0.25, 0.3) is 0 Å². The number of hydrogen-bond donors (Lipinski definition) is 2. The van der Waals surface area contributed by atoms with E-state index < -0.39 is 0 Å². The van der Waals surface area contributed by atoms with Crippen LogP contribution in [0.2, 0.25) is 0 Å². The highest BCUT2D eigenvalue weighted by atomic mass is 16.2. The van der Waals surface area contributed by atoms with Crippen molar-refractivity contribution in [2.75, 3.05) is 5.32 Å². The number of para-hydroxylation sites is 1. The summed E-state index contributed by atoms with van der Waals surface area (Å²) >= 11 is 0. The van der Waals surface area contributed by atoms with Gasteiger partial charge in [-0.05, 0) is 43.0 Å². The Kier molecular flexibility index (Phi) is 4.37. The second kappa shape index (κ2) is 6.60. The van der Waals surface area contributed by atoms with Crippen molar-refractivity contribution in [3.8, 4) is 0 Å². The summed E-state index contributed by atoms with van der Waals surface area (Å²) in [7, 11) is 0. The molecule has 1 aromatic heterocycles. The second-order valence-corrected chi connectivity index (χ2v) is 5.62. The number of amides is 2. The van der Waals surface area contributed by atoms with Gasteiger partial charge in [-0.1, -0.05) is 31.2 Å². The average Bonchev–Trinajstić information content (AvgIpc) is 3.39. The van der Waals surface area contributed by atoms with Gasteiger partial charge in [-0.3, -0.25) is 9.59 Å². The van der Waals surface area contributed by atoms with Crippen LogP contribution in [0.1, 0.15) is 46.3 Å². The molecular formula is C18H19N3O2. The molecule has 1 fully saturated rings. The van der Waals surface area contributed by atoms with E-state index in [1.54, 1.807) is 18.2 Å². The number of aryl methyl sites for hydroxylation is 1. The van der Waals surface area contributed by atoms with Crippen molar-refractivity contribution in [3.05, 3.63) is 59.4 Å². The van der Waals surface area contributed by atoms with Gasteiger partial charge >= 0.3 is 0 Å². The highest BCUT2D eigenvalue weighted by Gasteiger charge is 2.24. The molecule has 2 aromatic rings. The lowest BCUT2D eigenvalue weighted by atomic mass is 10.1. The van der Waals surface area contributed by atoms with Gasteiger partial charge < -0.3 is 10.6 Å². The van der Waals surface area contributed by atoms with Crippen molar-refractivity contribution in [2.24, 2.45) is 0 Å². The molecule has 1 aliphatic rings. The summed E-state index contributed by atoms with van der Waals surface area (Å²) in [6, 6.07) is 12.8. The Balaban J connectivity index is 1.75. The Morgan fingerprint density at radius 2 is 1.74 bits per heavy atom. The van der Waals surface area contributed by atoms with E-state index >= 15 is 0 Å². The lowest BCUT2D eigenvalue weighted by molar-refractivity contribution is 0.0946. The Morgan fingerprint density at radius 1 is 1.04 bits per heavy atom. The van der Waals surface area contributed by atoms with E-state index in [1.165, 1.54) is 0 Å². The number of aromatic nitrogens is 1. The number of pyridine rings is 1. The SMILES string of the molecule is CCc1ccccc1NC(=O)c1cccc(C(=O)NC2CC2)n1. The average molecular weight is 309 g/mol. The lowest BCUT2D eigenvalue weighted by Crippen LogP contribution is -2.27. The summed E-state index contributed by atoms with van der Waals surface area (Å²) in [4.78, 5) is 28.6. The molecule has 5 heteroatoms.